The van der Waals surface area contributed by atoms with E-state index in [9.17, 15) is 14.4 Å². The summed E-state index contributed by atoms with van der Waals surface area (Å²) in [6, 6.07) is 8.14. The van der Waals surface area contributed by atoms with Gasteiger partial charge in [-0.1, -0.05) is 0 Å². The van der Waals surface area contributed by atoms with Crippen molar-refractivity contribution in [1.82, 2.24) is 9.80 Å². The van der Waals surface area contributed by atoms with Gasteiger partial charge in [-0.3, -0.25) is 19.3 Å². The van der Waals surface area contributed by atoms with Crippen LogP contribution in [0.1, 0.15) is 49.7 Å². The van der Waals surface area contributed by atoms with Gasteiger partial charge in [-0.25, -0.2) is 0 Å². The number of furan rings is 1. The molecule has 30 heavy (non-hydrogen) atoms. The summed E-state index contributed by atoms with van der Waals surface area (Å²) in [6.45, 7) is 2.45. The Morgan fingerprint density at radius 2 is 1.87 bits per heavy atom. The zero-order valence-corrected chi connectivity index (χ0v) is 16.4. The van der Waals surface area contributed by atoms with E-state index in [1.54, 1.807) is 29.2 Å². The van der Waals surface area contributed by atoms with Gasteiger partial charge >= 0.3 is 0 Å². The maximum Gasteiger partial charge on any atom is 0.261 e. The first-order valence-electron chi connectivity index (χ1n) is 10.2. The number of fused-ring (bicyclic) bond motifs is 1. The molecule has 2 aromatic rings. The summed E-state index contributed by atoms with van der Waals surface area (Å²) < 4.78 is 16.5. The lowest BCUT2D eigenvalue weighted by atomic mass is 9.96. The van der Waals surface area contributed by atoms with Crippen LogP contribution in [0, 0.1) is 5.92 Å². The molecule has 1 atom stereocenters. The highest BCUT2D eigenvalue weighted by Crippen LogP contribution is 2.29. The molecule has 0 N–H and O–H groups in total. The quantitative estimate of drug-likeness (QED) is 0.719. The number of hydrogen-bond donors (Lipinski definition) is 0. The third kappa shape index (κ3) is 3.32. The molecule has 8 heteroatoms. The van der Waals surface area contributed by atoms with E-state index in [0.29, 0.717) is 43.2 Å². The van der Waals surface area contributed by atoms with Crippen molar-refractivity contribution < 1.29 is 28.3 Å². The third-order valence-corrected chi connectivity index (χ3v) is 5.89. The molecule has 1 aromatic carbocycles. The molecule has 2 saturated heterocycles. The van der Waals surface area contributed by atoms with Gasteiger partial charge in [0.15, 0.2) is 6.29 Å². The predicted octanol–water partition coefficient (Wildman–Crippen LogP) is 2.30. The van der Waals surface area contributed by atoms with Crippen molar-refractivity contribution in [2.75, 3.05) is 26.3 Å². The molecule has 3 amide bonds. The fourth-order valence-corrected chi connectivity index (χ4v) is 4.37. The first kappa shape index (κ1) is 19.0. The standard InChI is InChI=1S/C22H22N2O6/c25-19(23-7-1-3-15(12-23)22-29-9-10-30-22)14-5-6-17-18(11-14)21(27)24(20(17)26)13-16-4-2-8-28-16/h2,4-6,8,11,15,22H,1,3,7,9-10,12-13H2. The Bertz CT molecular complexity index is 980. The second-order valence-electron chi connectivity index (χ2n) is 7.80. The Labute approximate surface area is 173 Å². The molecule has 0 spiro atoms. The highest BCUT2D eigenvalue weighted by molar-refractivity contribution is 6.22. The zero-order valence-electron chi connectivity index (χ0n) is 16.4. The summed E-state index contributed by atoms with van der Waals surface area (Å²) >= 11 is 0. The molecule has 156 valence electrons. The first-order chi connectivity index (χ1) is 14.6. The van der Waals surface area contributed by atoms with Crippen LogP contribution in [-0.2, 0) is 16.0 Å². The normalized spacial score (nSPS) is 22.1. The topological polar surface area (TPSA) is 89.3 Å². The minimum Gasteiger partial charge on any atom is -0.467 e. The highest BCUT2D eigenvalue weighted by Gasteiger charge is 2.38. The molecule has 3 aliphatic rings. The van der Waals surface area contributed by atoms with Gasteiger partial charge in [0, 0.05) is 24.6 Å². The maximum absolute atomic E-state index is 13.1. The molecule has 0 aliphatic carbocycles. The molecule has 0 radical (unpaired) electrons. The molecule has 2 fully saturated rings. The van der Waals surface area contributed by atoms with Gasteiger partial charge in [-0.2, -0.15) is 0 Å². The monoisotopic (exact) mass is 410 g/mol. The van der Waals surface area contributed by atoms with Crippen molar-refractivity contribution in [1.29, 1.82) is 0 Å². The third-order valence-electron chi connectivity index (χ3n) is 5.89. The molecule has 0 bridgehead atoms. The number of benzene rings is 1. The number of hydrogen-bond acceptors (Lipinski definition) is 6. The van der Waals surface area contributed by atoms with Crippen LogP contribution in [0.5, 0.6) is 0 Å². The van der Waals surface area contributed by atoms with Crippen molar-refractivity contribution in [3.05, 3.63) is 59.0 Å². The van der Waals surface area contributed by atoms with Gasteiger partial charge < -0.3 is 18.8 Å². The average molecular weight is 410 g/mol. The Hall–Kier alpha value is -2.97. The lowest BCUT2D eigenvalue weighted by molar-refractivity contribution is -0.0969. The number of rotatable bonds is 4. The second kappa shape index (κ2) is 7.70. The number of piperidine rings is 1. The van der Waals surface area contributed by atoms with E-state index < -0.39 is 5.91 Å². The summed E-state index contributed by atoms with van der Waals surface area (Å²) in [5.74, 6) is -0.266. The van der Waals surface area contributed by atoms with Crippen LogP contribution < -0.4 is 0 Å². The summed E-state index contributed by atoms with van der Waals surface area (Å²) in [6.07, 6.45) is 3.07. The lowest BCUT2D eigenvalue weighted by Gasteiger charge is -2.34. The lowest BCUT2D eigenvalue weighted by Crippen LogP contribution is -2.43. The first-order valence-corrected chi connectivity index (χ1v) is 10.2. The fraction of sp³-hybridized carbons (Fsp3) is 0.409. The summed E-state index contributed by atoms with van der Waals surface area (Å²) in [5, 5.41) is 0. The van der Waals surface area contributed by atoms with Gasteiger partial charge in [0.1, 0.15) is 5.76 Å². The van der Waals surface area contributed by atoms with E-state index in [1.165, 1.54) is 12.3 Å². The minimum absolute atomic E-state index is 0.0673. The minimum atomic E-state index is -0.412. The second-order valence-corrected chi connectivity index (χ2v) is 7.80. The van der Waals surface area contributed by atoms with E-state index in [2.05, 4.69) is 0 Å². The Morgan fingerprint density at radius 3 is 2.63 bits per heavy atom. The molecule has 1 aromatic heterocycles. The molecule has 0 saturated carbocycles. The van der Waals surface area contributed by atoms with Crippen molar-refractivity contribution >= 4 is 17.7 Å². The number of imide groups is 1. The van der Waals surface area contributed by atoms with E-state index in [-0.39, 0.29) is 36.1 Å². The van der Waals surface area contributed by atoms with Crippen LogP contribution in [0.25, 0.3) is 0 Å². The SMILES string of the molecule is O=C(c1ccc2c(c1)C(=O)N(Cc1ccco1)C2=O)N1CCCC(C2OCCO2)C1. The van der Waals surface area contributed by atoms with Gasteiger partial charge in [-0.15, -0.1) is 0 Å². The van der Waals surface area contributed by atoms with Gasteiger partial charge in [0.05, 0.1) is 37.1 Å². The van der Waals surface area contributed by atoms with Crippen LogP contribution in [-0.4, -0.2) is 60.1 Å². The Morgan fingerprint density at radius 1 is 1.07 bits per heavy atom. The molecule has 1 unspecified atom stereocenters. The van der Waals surface area contributed by atoms with Gasteiger partial charge in [0.25, 0.3) is 17.7 Å². The molecular formula is C22H22N2O6. The van der Waals surface area contributed by atoms with Crippen LogP contribution in [0.4, 0.5) is 0 Å². The van der Waals surface area contributed by atoms with Crippen molar-refractivity contribution in [2.45, 2.75) is 25.7 Å². The number of ether oxygens (including phenoxy) is 2. The van der Waals surface area contributed by atoms with Crippen molar-refractivity contribution in [2.24, 2.45) is 5.92 Å². The van der Waals surface area contributed by atoms with E-state index in [1.807, 2.05) is 0 Å². The molecule has 5 rings (SSSR count). The van der Waals surface area contributed by atoms with E-state index >= 15 is 0 Å². The zero-order chi connectivity index (χ0) is 20.7. The molecule has 8 nitrogen and oxygen atoms in total. The highest BCUT2D eigenvalue weighted by atomic mass is 16.7. The summed E-state index contributed by atoms with van der Waals surface area (Å²) in [5.41, 5.74) is 0.976. The molecule has 3 aliphatic heterocycles. The van der Waals surface area contributed by atoms with E-state index in [0.717, 1.165) is 17.7 Å². The van der Waals surface area contributed by atoms with Gasteiger partial charge in [-0.05, 0) is 43.2 Å². The Kier molecular flexibility index (Phi) is 4.88. The van der Waals surface area contributed by atoms with Crippen LogP contribution in [0.15, 0.2) is 41.0 Å². The van der Waals surface area contributed by atoms with Gasteiger partial charge in [0.2, 0.25) is 0 Å². The van der Waals surface area contributed by atoms with E-state index in [4.69, 9.17) is 13.9 Å². The fourth-order valence-electron chi connectivity index (χ4n) is 4.37. The summed E-state index contributed by atoms with van der Waals surface area (Å²) in [4.78, 5) is 41.5. The smallest absolute Gasteiger partial charge is 0.261 e. The van der Waals surface area contributed by atoms with Crippen LogP contribution in [0.2, 0.25) is 0 Å². The maximum atomic E-state index is 13.1. The summed E-state index contributed by atoms with van der Waals surface area (Å²) in [7, 11) is 0. The number of amides is 3. The number of carbonyl (C=O) groups excluding carboxylic acids is 3. The number of nitrogens with zero attached hydrogens (tertiary/aromatic N) is 2. The average Bonchev–Trinajstić information content (AvgIpc) is 3.53. The number of likely N-dealkylation sites (tertiary alicyclic amines) is 1. The number of carbonyl (C=O) groups is 3. The Balaban J connectivity index is 1.33. The molecular weight excluding hydrogens is 388 g/mol. The molecule has 4 heterocycles. The van der Waals surface area contributed by atoms with Crippen LogP contribution >= 0.6 is 0 Å². The van der Waals surface area contributed by atoms with Crippen LogP contribution in [0.3, 0.4) is 0 Å². The predicted molar refractivity (Wildman–Crippen MR) is 104 cm³/mol. The van der Waals surface area contributed by atoms with Crippen molar-refractivity contribution in [3.63, 3.8) is 0 Å². The largest absolute Gasteiger partial charge is 0.467 e. The van der Waals surface area contributed by atoms with Crippen molar-refractivity contribution in [3.8, 4) is 0 Å².